The summed E-state index contributed by atoms with van der Waals surface area (Å²) in [6.07, 6.45) is 12.0. The van der Waals surface area contributed by atoms with Crippen molar-refractivity contribution in [1.82, 2.24) is 5.06 Å². The maximum absolute atomic E-state index is 6.64. The lowest BCUT2D eigenvalue weighted by molar-refractivity contribution is -0.337. The molecule has 1 aromatic rings. The summed E-state index contributed by atoms with van der Waals surface area (Å²) in [5.74, 6) is 0.395. The number of ether oxygens (including phenoxy) is 4. The maximum atomic E-state index is 6.64. The molecule has 36 heavy (non-hydrogen) atoms. The van der Waals surface area contributed by atoms with E-state index in [9.17, 15) is 0 Å². The second-order valence-electron chi connectivity index (χ2n) is 12.3. The molecule has 6 nitrogen and oxygen atoms in total. The van der Waals surface area contributed by atoms with Gasteiger partial charge in [-0.05, 0) is 58.2 Å². The van der Waals surface area contributed by atoms with Crippen molar-refractivity contribution < 1.29 is 23.8 Å². The molecule has 2 unspecified atom stereocenters. The van der Waals surface area contributed by atoms with Gasteiger partial charge in [-0.25, -0.2) is 0 Å². The van der Waals surface area contributed by atoms with Gasteiger partial charge in [-0.3, -0.25) is 4.84 Å². The molecule has 0 radical (unpaired) electrons. The minimum Gasteiger partial charge on any atom is -0.491 e. The fourth-order valence-electron chi connectivity index (χ4n) is 6.15. The standard InChI is InChI=1S/C30H49NO5/c1-6-7-8-9-10-11-12-26-21-34-30(36-26)22-28(2,3)31(29(4,5)23-30)35-18-17-24-13-15-25(16-14-24)32-19-27-20-33-27/h13-16,26-27H,6-12,17-23H2,1-5H3. The molecule has 0 N–H and O–H groups in total. The van der Waals surface area contributed by atoms with Crippen LogP contribution in [0.5, 0.6) is 5.75 Å². The topological polar surface area (TPSA) is 52.7 Å². The van der Waals surface area contributed by atoms with Gasteiger partial charge in [0.2, 0.25) is 0 Å². The minimum absolute atomic E-state index is 0.195. The number of nitrogens with zero attached hydrogens (tertiary/aromatic N) is 1. The Morgan fingerprint density at radius 3 is 2.22 bits per heavy atom. The number of piperidine rings is 1. The smallest absolute Gasteiger partial charge is 0.172 e. The van der Waals surface area contributed by atoms with Gasteiger partial charge in [-0.1, -0.05) is 57.6 Å². The molecule has 3 fully saturated rings. The Morgan fingerprint density at radius 1 is 0.889 bits per heavy atom. The molecule has 4 rings (SSSR count). The molecule has 0 saturated carbocycles. The third kappa shape index (κ3) is 7.67. The lowest BCUT2D eigenvalue weighted by Gasteiger charge is -2.56. The summed E-state index contributed by atoms with van der Waals surface area (Å²) in [4.78, 5) is 6.45. The molecule has 3 aliphatic heterocycles. The van der Waals surface area contributed by atoms with Crippen LogP contribution < -0.4 is 4.74 Å². The molecule has 3 saturated heterocycles. The molecule has 2 atom stereocenters. The first kappa shape index (κ1) is 27.8. The summed E-state index contributed by atoms with van der Waals surface area (Å²) in [5, 5.41) is 2.20. The zero-order valence-corrected chi connectivity index (χ0v) is 23.4. The van der Waals surface area contributed by atoms with E-state index in [1.54, 1.807) is 0 Å². The van der Waals surface area contributed by atoms with Crippen LogP contribution in [-0.4, -0.2) is 60.6 Å². The summed E-state index contributed by atoms with van der Waals surface area (Å²) >= 11 is 0. The molecule has 0 amide bonds. The van der Waals surface area contributed by atoms with Crippen molar-refractivity contribution in [2.24, 2.45) is 0 Å². The molecule has 3 heterocycles. The van der Waals surface area contributed by atoms with Gasteiger partial charge in [0.05, 0.1) is 25.9 Å². The third-order valence-corrected chi connectivity index (χ3v) is 7.67. The van der Waals surface area contributed by atoms with Crippen LogP contribution in [0, 0.1) is 0 Å². The highest BCUT2D eigenvalue weighted by Crippen LogP contribution is 2.48. The normalized spacial score (nSPS) is 26.4. The van der Waals surface area contributed by atoms with Gasteiger partial charge in [0.15, 0.2) is 5.79 Å². The van der Waals surface area contributed by atoms with Crippen LogP contribution in [0.15, 0.2) is 24.3 Å². The third-order valence-electron chi connectivity index (χ3n) is 7.67. The van der Waals surface area contributed by atoms with Crippen LogP contribution >= 0.6 is 0 Å². The van der Waals surface area contributed by atoms with Gasteiger partial charge < -0.3 is 18.9 Å². The van der Waals surface area contributed by atoms with Crippen LogP contribution in [-0.2, 0) is 25.5 Å². The van der Waals surface area contributed by atoms with E-state index < -0.39 is 5.79 Å². The predicted molar refractivity (Wildman–Crippen MR) is 142 cm³/mol. The Morgan fingerprint density at radius 2 is 1.56 bits per heavy atom. The van der Waals surface area contributed by atoms with Gasteiger partial charge in [-0.15, -0.1) is 0 Å². The lowest BCUT2D eigenvalue weighted by atomic mass is 9.78. The molecular formula is C30H49NO5. The Balaban J connectivity index is 1.23. The zero-order valence-electron chi connectivity index (χ0n) is 23.4. The molecule has 6 heteroatoms. The fourth-order valence-corrected chi connectivity index (χ4v) is 6.15. The fraction of sp³-hybridized carbons (Fsp3) is 0.800. The Kier molecular flexibility index (Phi) is 9.38. The van der Waals surface area contributed by atoms with E-state index in [4.69, 9.17) is 23.8 Å². The SMILES string of the molecule is CCCCCCCCC1COC2(CC(C)(C)N(OCCc3ccc(OCC4CO4)cc3)C(C)(C)C2)O1. The van der Waals surface area contributed by atoms with Crippen LogP contribution in [0.3, 0.4) is 0 Å². The average molecular weight is 504 g/mol. The summed E-state index contributed by atoms with van der Waals surface area (Å²) in [6.45, 7) is 14.1. The quantitative estimate of drug-likeness (QED) is 0.215. The summed E-state index contributed by atoms with van der Waals surface area (Å²) in [7, 11) is 0. The van der Waals surface area contributed by atoms with Gasteiger partial charge in [0.1, 0.15) is 18.5 Å². The largest absolute Gasteiger partial charge is 0.491 e. The van der Waals surface area contributed by atoms with Crippen LogP contribution in [0.2, 0.25) is 0 Å². The highest BCUT2D eigenvalue weighted by molar-refractivity contribution is 5.27. The first-order valence-electron chi connectivity index (χ1n) is 14.3. The molecule has 0 aliphatic carbocycles. The highest BCUT2D eigenvalue weighted by atomic mass is 16.7. The first-order valence-corrected chi connectivity index (χ1v) is 14.3. The number of benzene rings is 1. The van der Waals surface area contributed by atoms with E-state index in [2.05, 4.69) is 51.8 Å². The molecule has 3 aliphatic rings. The number of hydroxylamine groups is 2. The highest BCUT2D eigenvalue weighted by Gasteiger charge is 2.57. The van der Waals surface area contributed by atoms with Crippen molar-refractivity contribution in [3.05, 3.63) is 29.8 Å². The van der Waals surface area contributed by atoms with Crippen molar-refractivity contribution >= 4 is 0 Å². The van der Waals surface area contributed by atoms with Gasteiger partial charge in [0.25, 0.3) is 0 Å². The Hall–Kier alpha value is -1.18. The van der Waals surface area contributed by atoms with Gasteiger partial charge in [-0.2, -0.15) is 5.06 Å². The molecule has 204 valence electrons. The van der Waals surface area contributed by atoms with Crippen molar-refractivity contribution in [1.29, 1.82) is 0 Å². The van der Waals surface area contributed by atoms with E-state index in [-0.39, 0.29) is 23.3 Å². The summed E-state index contributed by atoms with van der Waals surface area (Å²) in [6, 6.07) is 8.31. The summed E-state index contributed by atoms with van der Waals surface area (Å²) < 4.78 is 24.0. The molecule has 0 aromatic heterocycles. The van der Waals surface area contributed by atoms with Crippen LogP contribution in [0.4, 0.5) is 0 Å². The minimum atomic E-state index is -0.499. The van der Waals surface area contributed by atoms with Crippen molar-refractivity contribution in [2.75, 3.05) is 26.4 Å². The van der Waals surface area contributed by atoms with Gasteiger partial charge in [0, 0.05) is 23.9 Å². The van der Waals surface area contributed by atoms with E-state index in [0.717, 1.165) is 44.6 Å². The molecule has 1 spiro atoms. The molecular weight excluding hydrogens is 454 g/mol. The van der Waals surface area contributed by atoms with Crippen molar-refractivity contribution in [3.63, 3.8) is 0 Å². The second-order valence-corrected chi connectivity index (χ2v) is 12.3. The first-order chi connectivity index (χ1) is 17.2. The molecule has 1 aromatic carbocycles. The van der Waals surface area contributed by atoms with Crippen LogP contribution in [0.25, 0.3) is 0 Å². The molecule has 0 bridgehead atoms. The van der Waals surface area contributed by atoms with Crippen molar-refractivity contribution in [3.8, 4) is 5.75 Å². The second kappa shape index (κ2) is 12.1. The Bertz CT molecular complexity index is 786. The average Bonchev–Trinajstić information content (AvgIpc) is 3.58. The maximum Gasteiger partial charge on any atom is 0.172 e. The monoisotopic (exact) mass is 503 g/mol. The van der Waals surface area contributed by atoms with E-state index >= 15 is 0 Å². The van der Waals surface area contributed by atoms with Crippen LogP contribution in [0.1, 0.15) is 98.0 Å². The number of hydrogen-bond acceptors (Lipinski definition) is 6. The zero-order chi connectivity index (χ0) is 25.7. The predicted octanol–water partition coefficient (Wildman–Crippen LogP) is 6.45. The van der Waals surface area contributed by atoms with Crippen molar-refractivity contribution in [2.45, 2.75) is 128 Å². The number of rotatable bonds is 14. The number of epoxide rings is 1. The lowest BCUT2D eigenvalue weighted by Crippen LogP contribution is -2.65. The van der Waals surface area contributed by atoms with E-state index in [0.29, 0.717) is 13.2 Å². The van der Waals surface area contributed by atoms with E-state index in [1.807, 2.05) is 12.1 Å². The number of hydrogen-bond donors (Lipinski definition) is 0. The van der Waals surface area contributed by atoms with E-state index in [1.165, 1.54) is 44.1 Å². The van der Waals surface area contributed by atoms with Gasteiger partial charge >= 0.3 is 0 Å². The number of unbranched alkanes of at least 4 members (excludes halogenated alkanes) is 5. The Labute approximate surface area is 218 Å². The summed E-state index contributed by atoms with van der Waals surface area (Å²) in [5.41, 5.74) is 0.854.